The molecule has 1 aromatic carbocycles. The Hall–Kier alpha value is 1.15. The molecule has 0 spiro atoms. The maximum Gasteiger partial charge on any atom is 4.00 e. The van der Waals surface area contributed by atoms with Crippen LogP contribution in [0, 0.1) is 5.51 Å². The van der Waals surface area contributed by atoms with E-state index in [0.29, 0.717) is 0 Å². The maximum absolute atomic E-state index is 4.01. The normalized spacial score (nSPS) is 6.13. The van der Waals surface area contributed by atoms with Crippen LogP contribution in [0.25, 0.3) is 10.2 Å². The number of rotatable bonds is 0. The van der Waals surface area contributed by atoms with Gasteiger partial charge in [-0.1, -0.05) is 25.1 Å². The minimum Gasteiger partial charge on any atom is -1.00 e. The van der Waals surface area contributed by atoms with E-state index in [1.807, 2.05) is 24.3 Å². The summed E-state index contributed by atoms with van der Waals surface area (Å²) in [7, 11) is 0. The molecule has 0 saturated carbocycles. The molecule has 1 heterocycles. The fourth-order valence-corrected chi connectivity index (χ4v) is 1.36. The second-order valence-electron chi connectivity index (χ2n) is 1.77. The minimum absolute atomic E-state index is 0. The van der Waals surface area contributed by atoms with E-state index < -0.39 is 0 Å². The number of aromatic nitrogens is 1. The molecule has 1 nitrogen and oxygen atoms in total. The maximum atomic E-state index is 4.01. The van der Waals surface area contributed by atoms with E-state index in [4.69, 9.17) is 0 Å². The van der Waals surface area contributed by atoms with Crippen molar-refractivity contribution in [2.75, 3.05) is 0 Å². The molecule has 84 valence electrons. The molecule has 1 aromatic heterocycles. The van der Waals surface area contributed by atoms with Crippen molar-refractivity contribution >= 4 is 21.6 Å². The molecule has 0 unspecified atom stereocenters. The number of hydrogen-bond donors (Lipinski definition) is 0. The third-order valence-corrected chi connectivity index (χ3v) is 1.93. The smallest absolute Gasteiger partial charge is 1.00 e. The Morgan fingerprint density at radius 2 is 1.53 bits per heavy atom. The number of halogens is 4. The van der Waals surface area contributed by atoms with Gasteiger partial charge in [-0.05, 0) is 5.51 Å². The SMILES string of the molecule is C.[Cl-].[Cl-].[Cl-].[Cl-].[Zr+4].[c-]1nc2ccccc2s1. The van der Waals surface area contributed by atoms with Crippen molar-refractivity contribution in [3.63, 3.8) is 0 Å². The Balaban J connectivity index is -0.0000000556. The van der Waals surface area contributed by atoms with Gasteiger partial charge in [0.2, 0.25) is 0 Å². The van der Waals surface area contributed by atoms with Gasteiger partial charge in [0.05, 0.1) is 0 Å². The van der Waals surface area contributed by atoms with E-state index in [1.165, 1.54) is 4.70 Å². The van der Waals surface area contributed by atoms with Crippen LogP contribution in [0.1, 0.15) is 7.43 Å². The number of para-hydroxylation sites is 1. The van der Waals surface area contributed by atoms with Crippen LogP contribution >= 0.6 is 11.3 Å². The molecule has 0 N–H and O–H groups in total. The zero-order valence-corrected chi connectivity index (χ0v) is 13.0. The Morgan fingerprint density at radius 1 is 1.00 bits per heavy atom. The zero-order chi connectivity index (χ0) is 6.10. The topological polar surface area (TPSA) is 12.9 Å². The molecule has 0 aliphatic heterocycles. The first-order chi connectivity index (χ1) is 4.47. The van der Waals surface area contributed by atoms with Gasteiger partial charge in [-0.25, -0.2) is 0 Å². The first kappa shape index (κ1) is 29.8. The van der Waals surface area contributed by atoms with Crippen LogP contribution in [0.5, 0.6) is 0 Å². The van der Waals surface area contributed by atoms with Crippen LogP contribution in [0.15, 0.2) is 24.3 Å². The van der Waals surface area contributed by atoms with Gasteiger partial charge in [0.1, 0.15) is 0 Å². The molecule has 0 radical (unpaired) electrons. The summed E-state index contributed by atoms with van der Waals surface area (Å²) < 4.78 is 1.21. The largest absolute Gasteiger partial charge is 4.00 e. The van der Waals surface area contributed by atoms with E-state index >= 15 is 0 Å². The quantitative estimate of drug-likeness (QED) is 0.412. The van der Waals surface area contributed by atoms with Gasteiger partial charge in [-0.2, -0.15) is 0 Å². The molecule has 0 bridgehead atoms. The molecule has 0 atom stereocenters. The monoisotopic (exact) mass is 380 g/mol. The van der Waals surface area contributed by atoms with Crippen LogP contribution in [0.3, 0.4) is 0 Å². The van der Waals surface area contributed by atoms with Crippen LogP contribution in [0.2, 0.25) is 0 Å². The standard InChI is InChI=1S/C7H4NS.CH4.4ClH.Zr/c1-2-4-7-6(3-1)8-5-9-7;;;;;;/h1-4H;1H4;4*1H;/q-1;;;;;;+4/p-4. The summed E-state index contributed by atoms with van der Waals surface area (Å²) in [5.41, 5.74) is 3.87. The van der Waals surface area contributed by atoms with E-state index in [1.54, 1.807) is 11.3 Å². The van der Waals surface area contributed by atoms with Crippen LogP contribution in [-0.4, -0.2) is 4.98 Å². The van der Waals surface area contributed by atoms with Gasteiger partial charge >= 0.3 is 26.2 Å². The van der Waals surface area contributed by atoms with Gasteiger partial charge < -0.3 is 54.6 Å². The van der Waals surface area contributed by atoms with E-state index in [9.17, 15) is 0 Å². The Kier molecular flexibility index (Phi) is 30.1. The van der Waals surface area contributed by atoms with Crippen molar-refractivity contribution in [1.29, 1.82) is 0 Å². The molecule has 0 amide bonds. The molecule has 7 heteroatoms. The average molecular weight is 383 g/mol. The van der Waals surface area contributed by atoms with Crippen molar-refractivity contribution in [3.05, 3.63) is 29.8 Å². The summed E-state index contributed by atoms with van der Waals surface area (Å²) in [6.07, 6.45) is 0. The predicted molar refractivity (Wildman–Crippen MR) is 45.2 cm³/mol. The number of hydrogen-bond acceptors (Lipinski definition) is 2. The summed E-state index contributed by atoms with van der Waals surface area (Å²) in [6.45, 7) is 0. The van der Waals surface area contributed by atoms with Crippen molar-refractivity contribution in [2.24, 2.45) is 0 Å². The summed E-state index contributed by atoms with van der Waals surface area (Å²) in [5.74, 6) is 0. The summed E-state index contributed by atoms with van der Waals surface area (Å²) >= 11 is 1.55. The number of fused-ring (bicyclic) bond motifs is 1. The second kappa shape index (κ2) is 15.2. The van der Waals surface area contributed by atoms with Gasteiger partial charge in [-0.15, -0.1) is 16.8 Å². The molecule has 2 aromatic rings. The van der Waals surface area contributed by atoms with Gasteiger partial charge in [0.15, 0.2) is 0 Å². The van der Waals surface area contributed by atoms with Crippen molar-refractivity contribution in [1.82, 2.24) is 4.98 Å². The molecule has 0 aliphatic carbocycles. The van der Waals surface area contributed by atoms with E-state index in [0.717, 1.165) is 5.52 Å². The molecule has 0 saturated heterocycles. The third kappa shape index (κ3) is 7.96. The first-order valence-corrected chi connectivity index (χ1v) is 3.50. The third-order valence-electron chi connectivity index (χ3n) is 1.19. The first-order valence-electron chi connectivity index (χ1n) is 2.68. The molecule has 0 aliphatic rings. The summed E-state index contributed by atoms with van der Waals surface area (Å²) in [5, 5.41) is 0. The van der Waals surface area contributed by atoms with Gasteiger partial charge in [-0.3, -0.25) is 11.3 Å². The van der Waals surface area contributed by atoms with Crippen molar-refractivity contribution in [3.8, 4) is 0 Å². The predicted octanol–water partition coefficient (Wildman–Crippen LogP) is -9.25. The van der Waals surface area contributed by atoms with Crippen LogP contribution in [-0.2, 0) is 26.2 Å². The van der Waals surface area contributed by atoms with Crippen molar-refractivity contribution < 1.29 is 75.8 Å². The number of thiazole rings is 1. The Labute approximate surface area is 138 Å². The van der Waals surface area contributed by atoms with Crippen molar-refractivity contribution in [2.45, 2.75) is 7.43 Å². The zero-order valence-electron chi connectivity index (χ0n) is 6.68. The van der Waals surface area contributed by atoms with Gasteiger partial charge in [0, 0.05) is 0 Å². The summed E-state index contributed by atoms with van der Waals surface area (Å²) in [6, 6.07) is 8.02. The number of benzene rings is 1. The molecule has 2 rings (SSSR count). The minimum atomic E-state index is 0. The fourth-order valence-electron chi connectivity index (χ4n) is 0.757. The van der Waals surface area contributed by atoms with Gasteiger partial charge in [0.25, 0.3) is 0 Å². The summed E-state index contributed by atoms with van der Waals surface area (Å²) in [4.78, 5) is 4.01. The molecule has 0 fully saturated rings. The second-order valence-corrected chi connectivity index (χ2v) is 2.60. The van der Waals surface area contributed by atoms with Crippen LogP contribution < -0.4 is 49.6 Å². The van der Waals surface area contributed by atoms with E-state index in [-0.39, 0.29) is 83.3 Å². The molecular formula is C8H8Cl4NSZr-. The van der Waals surface area contributed by atoms with E-state index in [2.05, 4.69) is 10.5 Å². The average Bonchev–Trinajstić information content (AvgIpc) is 2.33. The Bertz CT molecular complexity index is 301. The molecule has 15 heavy (non-hydrogen) atoms. The fraction of sp³-hybridized carbons (Fsp3) is 0.125. The Morgan fingerprint density at radius 3 is 2.07 bits per heavy atom. The van der Waals surface area contributed by atoms with Crippen LogP contribution in [0.4, 0.5) is 0 Å². The molecular weight excluding hydrogens is 375 g/mol. The number of nitrogens with zero attached hydrogens (tertiary/aromatic N) is 1.